The van der Waals surface area contributed by atoms with Crippen molar-refractivity contribution in [3.63, 3.8) is 0 Å². The largest absolute Gasteiger partial charge is 0.467 e. The number of halogens is 2. The van der Waals surface area contributed by atoms with Gasteiger partial charge in [-0.15, -0.1) is 0 Å². The fourth-order valence-corrected chi connectivity index (χ4v) is 10.5. The van der Waals surface area contributed by atoms with Crippen molar-refractivity contribution in [1.29, 1.82) is 0 Å². The monoisotopic (exact) mass is 995 g/mol. The second-order valence-electron chi connectivity index (χ2n) is 20.8. The molecule has 4 aromatic rings. The summed E-state index contributed by atoms with van der Waals surface area (Å²) in [5.74, 6) is -4.84. The summed E-state index contributed by atoms with van der Waals surface area (Å²) in [4.78, 5) is 76.1. The maximum atomic E-state index is 14.5. The number of hydrogen-bond donors (Lipinski definition) is 2. The van der Waals surface area contributed by atoms with Crippen LogP contribution in [0.25, 0.3) is 33.3 Å². The number of likely N-dealkylation sites (tertiary alicyclic amines) is 2. The van der Waals surface area contributed by atoms with Crippen LogP contribution in [0.2, 0.25) is 0 Å². The number of pyridine rings is 1. The molecule has 3 fully saturated rings. The number of benzene rings is 2. The molecule has 15 nitrogen and oxygen atoms in total. The molecule has 0 saturated carbocycles. The molecule has 0 aliphatic carbocycles. The number of methoxy groups -OCH3 is 1. The van der Waals surface area contributed by atoms with Crippen LogP contribution in [0.4, 0.5) is 8.78 Å². The molecular weight excluding hydrogens is 923 g/mol. The highest BCUT2D eigenvalue weighted by atomic mass is 19.3. The smallest absolute Gasteiger partial charge is 0.293 e. The summed E-state index contributed by atoms with van der Waals surface area (Å²) in [5, 5.41) is 5.75. The third-order valence-corrected chi connectivity index (χ3v) is 14.3. The van der Waals surface area contributed by atoms with Gasteiger partial charge >= 0.3 is 0 Å². The van der Waals surface area contributed by atoms with Gasteiger partial charge in [0.2, 0.25) is 17.7 Å². The molecule has 2 aromatic carbocycles. The van der Waals surface area contributed by atoms with Crippen molar-refractivity contribution in [3.8, 4) is 22.4 Å². The summed E-state index contributed by atoms with van der Waals surface area (Å²) in [6, 6.07) is 16.7. The van der Waals surface area contributed by atoms with Gasteiger partial charge in [0.05, 0.1) is 43.1 Å². The second kappa shape index (κ2) is 23.2. The fraction of sp³-hybridized carbons (Fsp3) is 0.527. The zero-order valence-electron chi connectivity index (χ0n) is 43.1. The van der Waals surface area contributed by atoms with Gasteiger partial charge in [0.25, 0.3) is 18.3 Å². The SMILES string of the molecule is CCn1c(-c2cccnc2[C@H](C)OC)c(CC(C)(C)COC=O)c2cc(-c3cccc(C[C@H](NC(=O)[C@H](C(C)C)N(C)C(=O)[C@H]4CCN(C/C=C/C(=O)N5CC(F)(F)C5)C4)C(=O)N4CCCCN4)c3)ccc21. The molecule has 17 heteroatoms. The van der Waals surface area contributed by atoms with Crippen LogP contribution in [0.5, 0.6) is 0 Å². The Kier molecular flexibility index (Phi) is 17.3. The Morgan fingerprint density at radius 3 is 2.47 bits per heavy atom. The van der Waals surface area contributed by atoms with Crippen LogP contribution in [0.3, 0.4) is 0 Å². The van der Waals surface area contributed by atoms with Gasteiger partial charge in [0.1, 0.15) is 12.1 Å². The molecule has 388 valence electrons. The number of fused-ring (bicyclic) bond motifs is 1. The molecule has 4 atom stereocenters. The summed E-state index contributed by atoms with van der Waals surface area (Å²) in [5.41, 5.74) is 10.5. The predicted molar refractivity (Wildman–Crippen MR) is 272 cm³/mol. The number of rotatable bonds is 21. The Bertz CT molecular complexity index is 2620. The van der Waals surface area contributed by atoms with Gasteiger partial charge in [-0.05, 0) is 98.5 Å². The molecule has 0 radical (unpaired) electrons. The lowest BCUT2D eigenvalue weighted by Gasteiger charge is -2.37. The third kappa shape index (κ3) is 12.4. The number of ether oxygens (including phenoxy) is 2. The van der Waals surface area contributed by atoms with E-state index in [1.807, 2.05) is 49.9 Å². The van der Waals surface area contributed by atoms with Crippen molar-refractivity contribution in [2.24, 2.45) is 17.3 Å². The lowest BCUT2D eigenvalue weighted by atomic mass is 9.84. The average Bonchev–Trinajstić information content (AvgIpc) is 3.95. The Morgan fingerprint density at radius 1 is 1.03 bits per heavy atom. The number of nitrogens with one attached hydrogen (secondary N) is 2. The number of nitrogens with zero attached hydrogens (tertiary/aromatic N) is 6. The minimum absolute atomic E-state index is 0.188. The second-order valence-corrected chi connectivity index (χ2v) is 20.8. The number of aryl methyl sites for hydroxylation is 1. The zero-order valence-corrected chi connectivity index (χ0v) is 43.1. The summed E-state index contributed by atoms with van der Waals surface area (Å²) in [7, 11) is 3.31. The molecule has 3 aliphatic heterocycles. The molecule has 5 heterocycles. The van der Waals surface area contributed by atoms with Crippen molar-refractivity contribution < 1.29 is 42.2 Å². The molecule has 2 aromatic heterocycles. The lowest BCUT2D eigenvalue weighted by molar-refractivity contribution is -0.160. The molecule has 72 heavy (non-hydrogen) atoms. The van der Waals surface area contributed by atoms with Crippen LogP contribution in [0.15, 0.2) is 72.9 Å². The third-order valence-electron chi connectivity index (χ3n) is 14.3. The van der Waals surface area contributed by atoms with Crippen molar-refractivity contribution >= 4 is 41.0 Å². The van der Waals surface area contributed by atoms with Crippen molar-refractivity contribution in [2.75, 3.05) is 66.6 Å². The molecule has 0 unspecified atom stereocenters. The first-order valence-electron chi connectivity index (χ1n) is 25.3. The minimum Gasteiger partial charge on any atom is -0.467 e. The molecule has 3 aliphatic rings. The molecular formula is C55H72F2N8O7. The Labute approximate surface area is 422 Å². The van der Waals surface area contributed by atoms with Gasteiger partial charge in [-0.1, -0.05) is 64.1 Å². The van der Waals surface area contributed by atoms with Crippen LogP contribution >= 0.6 is 0 Å². The first-order chi connectivity index (χ1) is 34.3. The Balaban J connectivity index is 1.14. The van der Waals surface area contributed by atoms with E-state index in [1.54, 1.807) is 31.4 Å². The maximum absolute atomic E-state index is 14.5. The van der Waals surface area contributed by atoms with E-state index in [0.717, 1.165) is 67.8 Å². The van der Waals surface area contributed by atoms with Gasteiger partial charge in [-0.3, -0.25) is 38.9 Å². The maximum Gasteiger partial charge on any atom is 0.293 e. The number of likely N-dealkylation sites (N-methyl/N-ethyl adjacent to an activating group) is 1. The standard InChI is InChI=1S/C55H72F2N8O7/c1-9-64-46-20-19-40(29-43(46)44(30-54(5,6)34-72-35-66)50(64)42-17-13-22-58-48(42)37(4)71-8)39-16-12-15-38(27-39)28-45(53(70)65-25-11-10-23-59-65)60-51(68)49(36(2)3)61(7)52(69)41-21-26-62(31-41)24-14-18-47(67)63-32-55(56,57)33-63/h12-20,22,27,29,35-37,41,45,49,59H,9-11,21,23-26,28,30-34H2,1-8H3,(H,60,68)/b18-14+/t37-,41-,45-,49-/m0/s1. The zero-order chi connectivity index (χ0) is 51.9. The first-order valence-corrected chi connectivity index (χ1v) is 25.3. The van der Waals surface area contributed by atoms with E-state index in [1.165, 1.54) is 11.0 Å². The normalized spacial score (nSPS) is 18.5. The van der Waals surface area contributed by atoms with E-state index in [9.17, 15) is 32.8 Å². The summed E-state index contributed by atoms with van der Waals surface area (Å²) >= 11 is 0. The number of aromatic nitrogens is 2. The van der Waals surface area contributed by atoms with Gasteiger partial charge in [0, 0.05) is 87.5 Å². The van der Waals surface area contributed by atoms with Crippen molar-refractivity contribution in [3.05, 3.63) is 89.8 Å². The van der Waals surface area contributed by atoms with Gasteiger partial charge in [-0.2, -0.15) is 0 Å². The highest BCUT2D eigenvalue weighted by Crippen LogP contribution is 2.42. The minimum atomic E-state index is -2.83. The van der Waals surface area contributed by atoms with E-state index in [2.05, 4.69) is 66.4 Å². The van der Waals surface area contributed by atoms with Gasteiger partial charge in [-0.25, -0.2) is 14.2 Å². The quantitative estimate of drug-likeness (QED) is 0.0670. The fourth-order valence-electron chi connectivity index (χ4n) is 10.5. The van der Waals surface area contributed by atoms with E-state index >= 15 is 0 Å². The van der Waals surface area contributed by atoms with Crippen LogP contribution in [0, 0.1) is 17.3 Å². The van der Waals surface area contributed by atoms with Crippen LogP contribution in [-0.4, -0.2) is 144 Å². The van der Waals surface area contributed by atoms with Crippen LogP contribution < -0.4 is 10.7 Å². The molecule has 2 N–H and O–H groups in total. The number of hydrazine groups is 1. The number of carbonyl (C=O) groups excluding carboxylic acids is 5. The number of alkyl halides is 2. The van der Waals surface area contributed by atoms with Crippen LogP contribution in [-0.2, 0) is 52.8 Å². The number of hydrogen-bond acceptors (Lipinski definition) is 10. The van der Waals surface area contributed by atoms with Crippen LogP contribution in [0.1, 0.15) is 83.7 Å². The molecule has 4 amide bonds. The summed E-state index contributed by atoms with van der Waals surface area (Å²) < 4.78 is 39.9. The lowest BCUT2D eigenvalue weighted by Crippen LogP contribution is -2.59. The highest BCUT2D eigenvalue weighted by Gasteiger charge is 2.45. The predicted octanol–water partition coefficient (Wildman–Crippen LogP) is 6.83. The topological polar surface area (TPSA) is 159 Å². The van der Waals surface area contributed by atoms with E-state index in [4.69, 9.17) is 14.5 Å². The average molecular weight is 995 g/mol. The number of amides is 4. The van der Waals surface area contributed by atoms with Gasteiger partial charge < -0.3 is 29.2 Å². The van der Waals surface area contributed by atoms with Crippen molar-refractivity contribution in [1.82, 2.24) is 40.0 Å². The van der Waals surface area contributed by atoms with Crippen molar-refractivity contribution in [2.45, 2.75) is 104 Å². The van der Waals surface area contributed by atoms with E-state index in [0.29, 0.717) is 58.6 Å². The van der Waals surface area contributed by atoms with E-state index < -0.39 is 54.2 Å². The summed E-state index contributed by atoms with van der Waals surface area (Å²) in [6.45, 7) is 14.8. The molecule has 7 rings (SSSR count). The Hall–Kier alpha value is -6.04. The molecule has 0 spiro atoms. The Morgan fingerprint density at radius 2 is 1.79 bits per heavy atom. The first kappa shape index (κ1) is 53.8. The molecule has 0 bridgehead atoms. The number of carbonyl (C=O) groups is 5. The van der Waals surface area contributed by atoms with E-state index in [-0.39, 0.29) is 36.9 Å². The summed E-state index contributed by atoms with van der Waals surface area (Å²) in [6.07, 6.45) is 7.56. The highest BCUT2D eigenvalue weighted by molar-refractivity contribution is 5.96. The van der Waals surface area contributed by atoms with Gasteiger partial charge in [0.15, 0.2) is 0 Å². The molecule has 3 saturated heterocycles.